The molecule has 0 atom stereocenters. The van der Waals surface area contributed by atoms with E-state index < -0.39 is 14.0 Å². The highest BCUT2D eigenvalue weighted by atomic mass is 35.7. The number of nitro benzene ring substituents is 1. The summed E-state index contributed by atoms with van der Waals surface area (Å²) in [6, 6.07) is 4.71. The zero-order valence-electron chi connectivity index (χ0n) is 8.92. The van der Waals surface area contributed by atoms with Crippen LogP contribution >= 0.6 is 22.4 Å². The topological polar surface area (TPSA) is 77.3 Å². The Morgan fingerprint density at radius 3 is 2.65 bits per heavy atom. The Hall–Kier alpha value is -0.790. The van der Waals surface area contributed by atoms with Crippen molar-refractivity contribution in [3.05, 3.63) is 33.9 Å². The Labute approximate surface area is 108 Å². The summed E-state index contributed by atoms with van der Waals surface area (Å²) in [5.41, 5.74) is 0.861. The number of hydrogen-bond acceptors (Lipinski definition) is 5. The van der Waals surface area contributed by atoms with Crippen LogP contribution in [0.5, 0.6) is 0 Å². The second-order valence-corrected chi connectivity index (χ2v) is 7.35. The summed E-state index contributed by atoms with van der Waals surface area (Å²) in [4.78, 5) is 10.7. The van der Waals surface area contributed by atoms with Crippen molar-refractivity contribution in [3.8, 4) is 0 Å². The van der Waals surface area contributed by atoms with Gasteiger partial charge >= 0.3 is 0 Å². The number of hydrogen-bond donors (Lipinski definition) is 0. The molecule has 0 aliphatic rings. The number of aryl methyl sites for hydroxylation is 1. The fourth-order valence-electron chi connectivity index (χ4n) is 1.14. The second kappa shape index (κ2) is 5.70. The second-order valence-electron chi connectivity index (χ2n) is 3.32. The number of nitrogens with zero attached hydrogens (tertiary/aromatic N) is 1. The highest BCUT2D eigenvalue weighted by Gasteiger charge is 2.15. The first-order chi connectivity index (χ1) is 7.79. The van der Waals surface area contributed by atoms with Gasteiger partial charge in [-0.25, -0.2) is 8.42 Å². The molecule has 94 valence electrons. The number of thioether (sulfide) groups is 1. The molecule has 0 fully saturated rings. The average Bonchev–Trinajstić information content (AvgIpc) is 2.15. The minimum Gasteiger partial charge on any atom is -0.258 e. The van der Waals surface area contributed by atoms with E-state index in [1.54, 1.807) is 12.1 Å². The normalized spacial score (nSPS) is 11.4. The molecule has 0 unspecified atom stereocenters. The van der Waals surface area contributed by atoms with E-state index in [-0.39, 0.29) is 17.2 Å². The van der Waals surface area contributed by atoms with Crippen LogP contribution in [0, 0.1) is 17.0 Å². The number of halogens is 1. The van der Waals surface area contributed by atoms with Crippen molar-refractivity contribution in [1.29, 1.82) is 0 Å². The molecular weight excluding hydrogens is 286 g/mol. The van der Waals surface area contributed by atoms with Gasteiger partial charge in [0, 0.05) is 22.5 Å². The third-order valence-corrected chi connectivity index (χ3v) is 4.36. The zero-order valence-corrected chi connectivity index (χ0v) is 11.3. The quantitative estimate of drug-likeness (QED) is 0.361. The minimum absolute atomic E-state index is 0.0208. The molecule has 8 heteroatoms. The number of rotatable bonds is 5. The maximum atomic E-state index is 10.7. The lowest BCUT2D eigenvalue weighted by Gasteiger charge is -2.03. The van der Waals surface area contributed by atoms with E-state index in [1.165, 1.54) is 6.07 Å². The molecule has 1 rings (SSSR count). The Bertz CT molecular complexity index is 530. The number of benzene rings is 1. The average molecular weight is 296 g/mol. The van der Waals surface area contributed by atoms with E-state index in [0.717, 1.165) is 17.3 Å². The van der Waals surface area contributed by atoms with Crippen LogP contribution in [0.4, 0.5) is 5.69 Å². The van der Waals surface area contributed by atoms with Crippen LogP contribution in [-0.2, 0) is 9.05 Å². The molecule has 1 aromatic carbocycles. The summed E-state index contributed by atoms with van der Waals surface area (Å²) in [6.45, 7) is 1.81. The van der Waals surface area contributed by atoms with E-state index in [2.05, 4.69) is 0 Å². The van der Waals surface area contributed by atoms with Crippen molar-refractivity contribution in [2.24, 2.45) is 0 Å². The Balaban J connectivity index is 2.82. The van der Waals surface area contributed by atoms with Crippen LogP contribution in [-0.4, -0.2) is 24.8 Å². The molecule has 17 heavy (non-hydrogen) atoms. The molecule has 0 heterocycles. The van der Waals surface area contributed by atoms with Crippen LogP contribution in [0.25, 0.3) is 0 Å². The smallest absolute Gasteiger partial charge is 0.258 e. The molecular formula is C9H10ClNO4S2. The van der Waals surface area contributed by atoms with Gasteiger partial charge in [0.25, 0.3) is 5.69 Å². The molecule has 0 radical (unpaired) electrons. The van der Waals surface area contributed by atoms with Crippen molar-refractivity contribution in [2.75, 3.05) is 11.5 Å². The largest absolute Gasteiger partial charge is 0.282 e. The van der Waals surface area contributed by atoms with Crippen molar-refractivity contribution < 1.29 is 13.3 Å². The Kier molecular flexibility index (Phi) is 4.79. The van der Waals surface area contributed by atoms with Crippen LogP contribution in [0.1, 0.15) is 5.56 Å². The van der Waals surface area contributed by atoms with Gasteiger partial charge in [-0.05, 0) is 18.6 Å². The molecule has 0 spiro atoms. The van der Waals surface area contributed by atoms with Crippen molar-refractivity contribution in [2.45, 2.75) is 11.8 Å². The van der Waals surface area contributed by atoms with Gasteiger partial charge in [-0.15, -0.1) is 11.8 Å². The molecule has 0 amide bonds. The third kappa shape index (κ3) is 4.93. The lowest BCUT2D eigenvalue weighted by atomic mass is 10.2. The van der Waals surface area contributed by atoms with Crippen LogP contribution < -0.4 is 0 Å². The maximum Gasteiger partial charge on any atom is 0.282 e. The predicted molar refractivity (Wildman–Crippen MR) is 68.2 cm³/mol. The van der Waals surface area contributed by atoms with Gasteiger partial charge in [-0.1, -0.05) is 6.07 Å². The van der Waals surface area contributed by atoms with Crippen LogP contribution in [0.2, 0.25) is 0 Å². The molecule has 0 aliphatic carbocycles. The lowest BCUT2D eigenvalue weighted by molar-refractivity contribution is -0.387. The van der Waals surface area contributed by atoms with E-state index in [9.17, 15) is 18.5 Å². The summed E-state index contributed by atoms with van der Waals surface area (Å²) in [5, 5.41) is 10.7. The van der Waals surface area contributed by atoms with Gasteiger partial charge in [0.05, 0.1) is 15.6 Å². The van der Waals surface area contributed by atoms with Gasteiger partial charge in [0.15, 0.2) is 0 Å². The number of nitro groups is 1. The summed E-state index contributed by atoms with van der Waals surface area (Å²) in [5.74, 6) is -0.0273. The molecule has 1 aromatic rings. The molecule has 0 N–H and O–H groups in total. The van der Waals surface area contributed by atoms with E-state index in [4.69, 9.17) is 10.7 Å². The standard InChI is InChI=1S/C9H10ClNO4S2/c1-7-2-3-8(11(12)13)9(6-7)16-4-5-17(10,14)15/h2-3,6H,4-5H2,1H3. The first-order valence-electron chi connectivity index (χ1n) is 4.60. The van der Waals surface area contributed by atoms with E-state index >= 15 is 0 Å². The molecule has 0 aromatic heterocycles. The molecule has 0 saturated heterocycles. The highest BCUT2D eigenvalue weighted by molar-refractivity contribution is 8.14. The molecule has 0 aliphatic heterocycles. The summed E-state index contributed by atoms with van der Waals surface area (Å²) in [6.07, 6.45) is 0. The summed E-state index contributed by atoms with van der Waals surface area (Å²) >= 11 is 1.11. The van der Waals surface area contributed by atoms with Gasteiger partial charge < -0.3 is 0 Å². The van der Waals surface area contributed by atoms with Crippen LogP contribution in [0.15, 0.2) is 23.1 Å². The van der Waals surface area contributed by atoms with E-state index in [1.807, 2.05) is 6.92 Å². The summed E-state index contributed by atoms with van der Waals surface area (Å²) in [7, 11) is 1.50. The van der Waals surface area contributed by atoms with Gasteiger partial charge in [0.2, 0.25) is 9.05 Å². The first kappa shape index (κ1) is 14.3. The minimum atomic E-state index is -3.56. The van der Waals surface area contributed by atoms with Crippen molar-refractivity contribution in [3.63, 3.8) is 0 Å². The molecule has 5 nitrogen and oxygen atoms in total. The zero-order chi connectivity index (χ0) is 13.1. The maximum absolute atomic E-state index is 10.7. The highest BCUT2D eigenvalue weighted by Crippen LogP contribution is 2.30. The molecule has 0 saturated carbocycles. The Morgan fingerprint density at radius 1 is 1.47 bits per heavy atom. The summed E-state index contributed by atoms with van der Waals surface area (Å²) < 4.78 is 21.5. The SMILES string of the molecule is Cc1ccc([N+](=O)[O-])c(SCCS(=O)(=O)Cl)c1. The lowest BCUT2D eigenvalue weighted by Crippen LogP contribution is -2.00. The van der Waals surface area contributed by atoms with Gasteiger partial charge in [-0.2, -0.15) is 0 Å². The fourth-order valence-corrected chi connectivity index (χ4v) is 3.62. The van der Waals surface area contributed by atoms with Crippen molar-refractivity contribution >= 4 is 37.2 Å². The third-order valence-electron chi connectivity index (χ3n) is 1.90. The van der Waals surface area contributed by atoms with Crippen molar-refractivity contribution in [1.82, 2.24) is 0 Å². The fraction of sp³-hybridized carbons (Fsp3) is 0.333. The van der Waals surface area contributed by atoms with Gasteiger partial charge in [-0.3, -0.25) is 10.1 Å². The van der Waals surface area contributed by atoms with Crippen LogP contribution in [0.3, 0.4) is 0 Å². The monoisotopic (exact) mass is 295 g/mol. The first-order valence-corrected chi connectivity index (χ1v) is 8.06. The molecule has 0 bridgehead atoms. The predicted octanol–water partition coefficient (Wildman–Crippen LogP) is 2.56. The Morgan fingerprint density at radius 2 is 2.12 bits per heavy atom. The van der Waals surface area contributed by atoms with E-state index in [0.29, 0.717) is 4.90 Å². The van der Waals surface area contributed by atoms with Gasteiger partial charge in [0.1, 0.15) is 0 Å².